The molecular weight excluding hydrogens is 346 g/mol. The number of anilines is 2. The first-order chi connectivity index (χ1) is 9.43. The molecule has 2 aromatic rings. The van der Waals surface area contributed by atoms with E-state index in [0.29, 0.717) is 33.8 Å². The fourth-order valence-corrected chi connectivity index (χ4v) is 2.24. The summed E-state index contributed by atoms with van der Waals surface area (Å²) in [6, 6.07) is 1.67. The summed E-state index contributed by atoms with van der Waals surface area (Å²) in [5.74, 6) is -0.369. The Labute approximate surface area is 129 Å². The first kappa shape index (κ1) is 14.8. The third kappa shape index (κ3) is 2.78. The van der Waals surface area contributed by atoms with Gasteiger partial charge in [0.05, 0.1) is 17.1 Å². The Kier molecular flexibility index (Phi) is 4.29. The van der Waals surface area contributed by atoms with Gasteiger partial charge in [0.25, 0.3) is 5.91 Å². The van der Waals surface area contributed by atoms with Crippen molar-refractivity contribution in [2.24, 2.45) is 0 Å². The first-order valence-corrected chi connectivity index (χ1v) is 7.06. The monoisotopic (exact) mass is 357 g/mol. The smallest absolute Gasteiger partial charge is 0.276 e. The molecule has 0 saturated carbocycles. The number of halogens is 2. The predicted octanol–water partition coefficient (Wildman–Crippen LogP) is 2.86. The lowest BCUT2D eigenvalue weighted by atomic mass is 10.3. The zero-order valence-electron chi connectivity index (χ0n) is 10.9. The lowest BCUT2D eigenvalue weighted by molar-refractivity contribution is 0.101. The van der Waals surface area contributed by atoms with E-state index in [9.17, 15) is 4.79 Å². The lowest BCUT2D eigenvalue weighted by Crippen LogP contribution is -2.19. The Morgan fingerprint density at radius 3 is 2.95 bits per heavy atom. The summed E-state index contributed by atoms with van der Waals surface area (Å²) in [5.41, 5.74) is 7.61. The van der Waals surface area contributed by atoms with Crippen LogP contribution < -0.4 is 11.1 Å². The molecule has 0 aliphatic rings. The minimum Gasteiger partial charge on any atom is -0.395 e. The Balaban J connectivity index is 2.35. The summed E-state index contributed by atoms with van der Waals surface area (Å²) in [5, 5.41) is 7.10. The normalized spacial score (nSPS) is 10.6. The number of rotatable bonds is 3. The number of carbonyl (C=O) groups is 1. The molecule has 6 nitrogen and oxygen atoms in total. The van der Waals surface area contributed by atoms with Crippen LogP contribution >= 0.6 is 27.5 Å². The van der Waals surface area contributed by atoms with E-state index in [-0.39, 0.29) is 11.1 Å². The zero-order chi connectivity index (χ0) is 14.9. The number of hydrogen-bond acceptors (Lipinski definition) is 4. The lowest BCUT2D eigenvalue weighted by Gasteiger charge is -2.09. The van der Waals surface area contributed by atoms with Crippen molar-refractivity contribution in [3.05, 3.63) is 33.3 Å². The molecule has 0 unspecified atom stereocenters. The van der Waals surface area contributed by atoms with Gasteiger partial charge in [0.2, 0.25) is 0 Å². The van der Waals surface area contributed by atoms with Crippen molar-refractivity contribution < 1.29 is 4.79 Å². The largest absolute Gasteiger partial charge is 0.395 e. The average molecular weight is 359 g/mol. The molecule has 0 saturated heterocycles. The molecule has 106 valence electrons. The second-order valence-corrected chi connectivity index (χ2v) is 5.38. The number of carbonyl (C=O) groups excluding carboxylic acids is 1. The second-order valence-electron chi connectivity index (χ2n) is 4.11. The zero-order valence-corrected chi connectivity index (χ0v) is 13.3. The molecule has 0 aliphatic heterocycles. The van der Waals surface area contributed by atoms with Gasteiger partial charge in [0, 0.05) is 17.2 Å². The fraction of sp³-hybridized carbons (Fsp3) is 0.250. The quantitative estimate of drug-likeness (QED) is 0.826. The van der Waals surface area contributed by atoms with E-state index in [0.717, 1.165) is 0 Å². The molecule has 0 aliphatic carbocycles. The van der Waals surface area contributed by atoms with Gasteiger partial charge < -0.3 is 11.1 Å². The molecule has 1 amide bonds. The van der Waals surface area contributed by atoms with Crippen LogP contribution in [0.25, 0.3) is 0 Å². The van der Waals surface area contributed by atoms with Crippen LogP contribution in [0.2, 0.25) is 5.15 Å². The molecule has 0 aromatic carbocycles. The van der Waals surface area contributed by atoms with Crippen LogP contribution in [0.1, 0.15) is 23.1 Å². The molecule has 2 aromatic heterocycles. The molecule has 0 fully saturated rings. The van der Waals surface area contributed by atoms with Crippen LogP contribution in [0, 0.1) is 6.92 Å². The number of nitrogens with two attached hydrogens (primary N) is 1. The van der Waals surface area contributed by atoms with E-state index < -0.39 is 0 Å². The third-order valence-corrected chi connectivity index (χ3v) is 3.48. The van der Waals surface area contributed by atoms with Crippen LogP contribution in [-0.4, -0.2) is 20.7 Å². The van der Waals surface area contributed by atoms with Crippen LogP contribution in [0.4, 0.5) is 11.4 Å². The molecule has 0 atom stereocenters. The highest BCUT2D eigenvalue weighted by Crippen LogP contribution is 2.25. The number of nitrogen functional groups attached to an aromatic ring is 1. The number of pyridine rings is 1. The highest BCUT2D eigenvalue weighted by molar-refractivity contribution is 9.10. The topological polar surface area (TPSA) is 85.8 Å². The molecular formula is C12H13BrClN5O. The van der Waals surface area contributed by atoms with E-state index in [1.54, 1.807) is 23.9 Å². The van der Waals surface area contributed by atoms with Gasteiger partial charge in [-0.2, -0.15) is 5.10 Å². The summed E-state index contributed by atoms with van der Waals surface area (Å²) in [6.07, 6.45) is 1.55. The van der Waals surface area contributed by atoms with Crippen molar-refractivity contribution in [1.29, 1.82) is 0 Å². The molecule has 0 spiro atoms. The predicted molar refractivity (Wildman–Crippen MR) is 82.0 cm³/mol. The number of nitrogens with zero attached hydrogens (tertiary/aromatic N) is 3. The average Bonchev–Trinajstić information content (AvgIpc) is 2.69. The fourth-order valence-electron chi connectivity index (χ4n) is 1.76. The maximum absolute atomic E-state index is 12.3. The highest BCUT2D eigenvalue weighted by Gasteiger charge is 2.20. The molecule has 0 bridgehead atoms. The van der Waals surface area contributed by atoms with Crippen molar-refractivity contribution in [2.75, 3.05) is 11.1 Å². The van der Waals surface area contributed by atoms with Crippen molar-refractivity contribution in [3.63, 3.8) is 0 Å². The van der Waals surface area contributed by atoms with Gasteiger partial charge in [-0.1, -0.05) is 11.6 Å². The maximum Gasteiger partial charge on any atom is 0.276 e. The van der Waals surface area contributed by atoms with Crippen LogP contribution in [0.15, 0.2) is 16.7 Å². The molecule has 3 N–H and O–H groups in total. The molecule has 20 heavy (non-hydrogen) atoms. The molecule has 8 heteroatoms. The van der Waals surface area contributed by atoms with Crippen LogP contribution in [-0.2, 0) is 6.54 Å². The Hall–Kier alpha value is -1.60. The summed E-state index contributed by atoms with van der Waals surface area (Å²) < 4.78 is 2.27. The van der Waals surface area contributed by atoms with E-state index in [2.05, 4.69) is 31.3 Å². The van der Waals surface area contributed by atoms with Crippen molar-refractivity contribution >= 4 is 44.8 Å². The number of nitrogens with one attached hydrogen (secondary N) is 1. The third-order valence-electron chi connectivity index (χ3n) is 2.74. The van der Waals surface area contributed by atoms with Gasteiger partial charge >= 0.3 is 0 Å². The minimum absolute atomic E-state index is 0.208. The summed E-state index contributed by atoms with van der Waals surface area (Å²) in [4.78, 5) is 16.3. The SMILES string of the molecule is CCn1nc(C)c(N)c1C(=O)Nc1cc(Br)cnc1Cl. The van der Waals surface area contributed by atoms with Crippen LogP contribution in [0.3, 0.4) is 0 Å². The van der Waals surface area contributed by atoms with Gasteiger partial charge in [-0.05, 0) is 35.8 Å². The Morgan fingerprint density at radius 1 is 1.60 bits per heavy atom. The molecule has 2 heterocycles. The van der Waals surface area contributed by atoms with Crippen molar-refractivity contribution in [2.45, 2.75) is 20.4 Å². The van der Waals surface area contributed by atoms with Gasteiger partial charge in [-0.3, -0.25) is 9.48 Å². The first-order valence-electron chi connectivity index (χ1n) is 5.89. The Morgan fingerprint density at radius 2 is 2.30 bits per heavy atom. The van der Waals surface area contributed by atoms with E-state index >= 15 is 0 Å². The second kappa shape index (κ2) is 5.80. The number of aromatic nitrogens is 3. The number of hydrogen-bond donors (Lipinski definition) is 2. The summed E-state index contributed by atoms with van der Waals surface area (Å²) >= 11 is 9.22. The van der Waals surface area contributed by atoms with Gasteiger partial charge in [0.15, 0.2) is 5.15 Å². The standard InChI is InChI=1S/C12H13BrClN5O/c1-3-19-10(9(15)6(2)18-19)12(20)17-8-4-7(13)5-16-11(8)14/h4-5H,3,15H2,1-2H3,(H,17,20). The van der Waals surface area contributed by atoms with E-state index in [4.69, 9.17) is 17.3 Å². The Bertz CT molecular complexity index is 670. The van der Waals surface area contributed by atoms with Gasteiger partial charge in [-0.25, -0.2) is 4.98 Å². The maximum atomic E-state index is 12.3. The van der Waals surface area contributed by atoms with Crippen molar-refractivity contribution in [3.8, 4) is 0 Å². The van der Waals surface area contributed by atoms with Crippen molar-refractivity contribution in [1.82, 2.24) is 14.8 Å². The molecule has 2 rings (SSSR count). The van der Waals surface area contributed by atoms with Gasteiger partial charge in [0.1, 0.15) is 5.69 Å². The van der Waals surface area contributed by atoms with E-state index in [1.165, 1.54) is 0 Å². The number of aryl methyl sites for hydroxylation is 2. The van der Waals surface area contributed by atoms with Crippen LogP contribution in [0.5, 0.6) is 0 Å². The summed E-state index contributed by atoms with van der Waals surface area (Å²) in [6.45, 7) is 4.19. The summed E-state index contributed by atoms with van der Waals surface area (Å²) in [7, 11) is 0. The highest BCUT2D eigenvalue weighted by atomic mass is 79.9. The minimum atomic E-state index is -0.369. The number of amides is 1. The molecule has 0 radical (unpaired) electrons. The van der Waals surface area contributed by atoms with Gasteiger partial charge in [-0.15, -0.1) is 0 Å². The van der Waals surface area contributed by atoms with E-state index in [1.807, 2.05) is 6.92 Å².